The highest BCUT2D eigenvalue weighted by Crippen LogP contribution is 2.23. The Kier molecular flexibility index (Phi) is 3.31. The molecule has 2 amide bonds. The summed E-state index contributed by atoms with van der Waals surface area (Å²) in [6.07, 6.45) is 0. The predicted molar refractivity (Wildman–Crippen MR) is 57.0 cm³/mol. The van der Waals surface area contributed by atoms with Gasteiger partial charge in [0.25, 0.3) is 0 Å². The summed E-state index contributed by atoms with van der Waals surface area (Å²) in [5.74, 6) is 0. The van der Waals surface area contributed by atoms with Crippen molar-refractivity contribution < 1.29 is 4.79 Å². The van der Waals surface area contributed by atoms with Crippen molar-refractivity contribution in [2.45, 2.75) is 6.92 Å². The highest BCUT2D eigenvalue weighted by molar-refractivity contribution is 9.10. The van der Waals surface area contributed by atoms with E-state index in [1.165, 1.54) is 0 Å². The monoisotopic (exact) mass is 242 g/mol. The molecule has 1 rings (SSSR count). The molecule has 0 unspecified atom stereocenters. The van der Waals surface area contributed by atoms with E-state index in [1.807, 2.05) is 25.1 Å². The summed E-state index contributed by atoms with van der Waals surface area (Å²) < 4.78 is 0.987. The summed E-state index contributed by atoms with van der Waals surface area (Å²) in [6, 6.07) is 5.46. The molecule has 0 aliphatic heterocycles. The summed E-state index contributed by atoms with van der Waals surface area (Å²) in [5, 5.41) is 5.22. The molecule has 0 heterocycles. The molecule has 0 radical (unpaired) electrons. The maximum atomic E-state index is 11.0. The second-order valence-corrected chi connectivity index (χ2v) is 3.47. The van der Waals surface area contributed by atoms with Crippen LogP contribution in [0.25, 0.3) is 0 Å². The number of nitrogens with one attached hydrogen (secondary N) is 2. The first-order valence-electron chi connectivity index (χ1n) is 3.89. The largest absolute Gasteiger partial charge is 0.341 e. The Hall–Kier alpha value is -1.03. The summed E-state index contributed by atoms with van der Waals surface area (Å²) in [6.45, 7) is 1.94. The van der Waals surface area contributed by atoms with E-state index in [1.54, 1.807) is 7.05 Å². The first kappa shape index (κ1) is 10.1. The van der Waals surface area contributed by atoms with Gasteiger partial charge in [-0.1, -0.05) is 22.0 Å². The van der Waals surface area contributed by atoms with Crippen LogP contribution in [0, 0.1) is 6.92 Å². The zero-order valence-corrected chi connectivity index (χ0v) is 9.10. The molecule has 3 nitrogen and oxygen atoms in total. The van der Waals surface area contributed by atoms with E-state index in [-0.39, 0.29) is 6.03 Å². The first-order chi connectivity index (χ1) is 6.15. The van der Waals surface area contributed by atoms with Crippen LogP contribution in [0.15, 0.2) is 22.7 Å². The lowest BCUT2D eigenvalue weighted by molar-refractivity contribution is 0.254. The number of amides is 2. The van der Waals surface area contributed by atoms with Gasteiger partial charge in [-0.05, 0) is 24.6 Å². The minimum atomic E-state index is -0.207. The molecule has 13 heavy (non-hydrogen) atoms. The molecule has 0 aromatic heterocycles. The minimum Gasteiger partial charge on any atom is -0.341 e. The summed E-state index contributed by atoms with van der Waals surface area (Å²) in [5.41, 5.74) is 1.83. The summed E-state index contributed by atoms with van der Waals surface area (Å²) >= 11 is 3.39. The van der Waals surface area contributed by atoms with Crippen LogP contribution < -0.4 is 10.6 Å². The van der Waals surface area contributed by atoms with Crippen LogP contribution in [-0.4, -0.2) is 13.1 Å². The summed E-state index contributed by atoms with van der Waals surface area (Å²) in [4.78, 5) is 11.0. The average Bonchev–Trinajstić information content (AvgIpc) is 2.13. The lowest BCUT2D eigenvalue weighted by Gasteiger charge is -2.08. The zero-order valence-electron chi connectivity index (χ0n) is 7.52. The molecule has 0 aliphatic rings. The van der Waals surface area contributed by atoms with Gasteiger partial charge in [-0.25, -0.2) is 4.79 Å². The number of halogens is 1. The number of hydrogen-bond acceptors (Lipinski definition) is 1. The van der Waals surface area contributed by atoms with Crippen molar-refractivity contribution in [2.24, 2.45) is 0 Å². The molecular weight excluding hydrogens is 232 g/mol. The Balaban J connectivity index is 2.89. The van der Waals surface area contributed by atoms with Crippen LogP contribution in [0.3, 0.4) is 0 Å². The van der Waals surface area contributed by atoms with Gasteiger partial charge in [-0.2, -0.15) is 0 Å². The molecule has 4 heteroatoms. The molecule has 0 atom stereocenters. The molecular formula is C9H11BrN2O. The van der Waals surface area contributed by atoms with Gasteiger partial charge in [0.15, 0.2) is 0 Å². The first-order valence-corrected chi connectivity index (χ1v) is 4.68. The normalized spacial score (nSPS) is 9.46. The Morgan fingerprint density at radius 3 is 2.77 bits per heavy atom. The van der Waals surface area contributed by atoms with Gasteiger partial charge in [0.2, 0.25) is 0 Å². The third-order valence-corrected chi connectivity index (χ3v) is 2.60. The van der Waals surface area contributed by atoms with Gasteiger partial charge in [0, 0.05) is 17.2 Å². The molecule has 0 saturated heterocycles. The summed E-state index contributed by atoms with van der Waals surface area (Å²) in [7, 11) is 1.59. The Morgan fingerprint density at radius 2 is 2.15 bits per heavy atom. The van der Waals surface area contributed by atoms with Crippen molar-refractivity contribution in [2.75, 3.05) is 12.4 Å². The second kappa shape index (κ2) is 4.28. The van der Waals surface area contributed by atoms with Crippen molar-refractivity contribution in [3.8, 4) is 0 Å². The van der Waals surface area contributed by atoms with Crippen LogP contribution in [0.5, 0.6) is 0 Å². The van der Waals surface area contributed by atoms with Gasteiger partial charge in [0.05, 0.1) is 0 Å². The SMILES string of the molecule is CNC(=O)Nc1cccc(Br)c1C. The maximum absolute atomic E-state index is 11.0. The van der Waals surface area contributed by atoms with E-state index in [4.69, 9.17) is 0 Å². The standard InChI is InChI=1S/C9H11BrN2O/c1-6-7(10)4-3-5-8(6)12-9(13)11-2/h3-5H,1-2H3,(H2,11,12,13). The predicted octanol–water partition coefficient (Wildman–Crippen LogP) is 2.51. The number of benzene rings is 1. The average molecular weight is 243 g/mol. The molecule has 0 saturated carbocycles. The number of hydrogen-bond donors (Lipinski definition) is 2. The molecule has 0 fully saturated rings. The molecule has 0 aliphatic carbocycles. The highest BCUT2D eigenvalue weighted by Gasteiger charge is 2.03. The maximum Gasteiger partial charge on any atom is 0.318 e. The third-order valence-electron chi connectivity index (χ3n) is 1.74. The number of carbonyl (C=O) groups excluding carboxylic acids is 1. The van der Waals surface area contributed by atoms with Crippen molar-refractivity contribution in [1.29, 1.82) is 0 Å². The van der Waals surface area contributed by atoms with E-state index in [0.717, 1.165) is 15.7 Å². The van der Waals surface area contributed by atoms with Gasteiger partial charge < -0.3 is 10.6 Å². The third kappa shape index (κ3) is 2.45. The smallest absolute Gasteiger partial charge is 0.318 e. The Bertz CT molecular complexity index is 325. The Morgan fingerprint density at radius 1 is 1.46 bits per heavy atom. The molecule has 0 spiro atoms. The number of anilines is 1. The van der Waals surface area contributed by atoms with E-state index in [0.29, 0.717) is 0 Å². The van der Waals surface area contributed by atoms with E-state index < -0.39 is 0 Å². The van der Waals surface area contributed by atoms with Crippen LogP contribution >= 0.6 is 15.9 Å². The van der Waals surface area contributed by atoms with Crippen LogP contribution in [0.4, 0.5) is 10.5 Å². The fourth-order valence-corrected chi connectivity index (χ4v) is 1.29. The highest BCUT2D eigenvalue weighted by atomic mass is 79.9. The molecule has 1 aromatic carbocycles. The van der Waals surface area contributed by atoms with Gasteiger partial charge in [-0.3, -0.25) is 0 Å². The van der Waals surface area contributed by atoms with Gasteiger partial charge >= 0.3 is 6.03 Å². The quantitative estimate of drug-likeness (QED) is 0.781. The van der Waals surface area contributed by atoms with Gasteiger partial charge in [0.1, 0.15) is 0 Å². The molecule has 70 valence electrons. The lowest BCUT2D eigenvalue weighted by atomic mass is 10.2. The van der Waals surface area contributed by atoms with E-state index in [2.05, 4.69) is 26.6 Å². The fraction of sp³-hybridized carbons (Fsp3) is 0.222. The molecule has 0 bridgehead atoms. The van der Waals surface area contributed by atoms with E-state index in [9.17, 15) is 4.79 Å². The topological polar surface area (TPSA) is 41.1 Å². The molecule has 2 N–H and O–H groups in total. The second-order valence-electron chi connectivity index (χ2n) is 2.62. The number of rotatable bonds is 1. The molecule has 1 aromatic rings. The fourth-order valence-electron chi connectivity index (χ4n) is 0.928. The number of carbonyl (C=O) groups is 1. The van der Waals surface area contributed by atoms with Gasteiger partial charge in [-0.15, -0.1) is 0 Å². The minimum absolute atomic E-state index is 0.207. The number of urea groups is 1. The Labute approximate surface area is 85.7 Å². The van der Waals surface area contributed by atoms with Crippen molar-refractivity contribution in [3.63, 3.8) is 0 Å². The van der Waals surface area contributed by atoms with E-state index >= 15 is 0 Å². The lowest BCUT2D eigenvalue weighted by Crippen LogP contribution is -2.24. The van der Waals surface area contributed by atoms with Crippen molar-refractivity contribution >= 4 is 27.6 Å². The van der Waals surface area contributed by atoms with Crippen molar-refractivity contribution in [3.05, 3.63) is 28.2 Å². The van der Waals surface area contributed by atoms with Crippen LogP contribution in [0.2, 0.25) is 0 Å². The van der Waals surface area contributed by atoms with Crippen LogP contribution in [0.1, 0.15) is 5.56 Å². The zero-order chi connectivity index (χ0) is 9.84. The van der Waals surface area contributed by atoms with Crippen LogP contribution in [-0.2, 0) is 0 Å². The van der Waals surface area contributed by atoms with Crippen molar-refractivity contribution in [1.82, 2.24) is 5.32 Å².